The zero-order valence-corrected chi connectivity index (χ0v) is 6.86. The van der Waals surface area contributed by atoms with Gasteiger partial charge in [0.1, 0.15) is 0 Å². The van der Waals surface area contributed by atoms with Crippen LogP contribution in [-0.4, -0.2) is 28.7 Å². The zero-order chi connectivity index (χ0) is 8.97. The number of carbonyl (C=O) groups is 1. The summed E-state index contributed by atoms with van der Waals surface area (Å²) in [5.41, 5.74) is 0. The first-order valence-corrected chi connectivity index (χ1v) is 4.12. The zero-order valence-electron chi connectivity index (χ0n) is 6.86. The maximum Gasteiger partial charge on any atom is 0.407 e. The highest BCUT2D eigenvalue weighted by Gasteiger charge is 2.25. The van der Waals surface area contributed by atoms with Crippen molar-refractivity contribution in [3.8, 4) is 6.07 Å². The molecule has 1 heterocycles. The van der Waals surface area contributed by atoms with Crippen LogP contribution in [0.3, 0.4) is 0 Å². The van der Waals surface area contributed by atoms with E-state index in [-0.39, 0.29) is 6.04 Å². The molecule has 0 radical (unpaired) electrons. The average molecular weight is 168 g/mol. The van der Waals surface area contributed by atoms with E-state index in [4.69, 9.17) is 10.4 Å². The van der Waals surface area contributed by atoms with Crippen molar-refractivity contribution < 1.29 is 9.90 Å². The Morgan fingerprint density at radius 1 is 1.67 bits per heavy atom. The second-order valence-corrected chi connectivity index (χ2v) is 2.99. The lowest BCUT2D eigenvalue weighted by molar-refractivity contribution is 0.108. The van der Waals surface area contributed by atoms with Crippen molar-refractivity contribution in [3.05, 3.63) is 0 Å². The predicted octanol–water partition coefficient (Wildman–Crippen LogP) is 1.43. The lowest BCUT2D eigenvalue weighted by Gasteiger charge is -2.31. The number of rotatable bonds is 1. The van der Waals surface area contributed by atoms with Crippen LogP contribution in [0.4, 0.5) is 4.79 Å². The van der Waals surface area contributed by atoms with Crippen LogP contribution in [0.5, 0.6) is 0 Å². The van der Waals surface area contributed by atoms with Gasteiger partial charge in [0.25, 0.3) is 0 Å². The van der Waals surface area contributed by atoms with E-state index in [0.29, 0.717) is 13.0 Å². The molecule has 0 aliphatic carbocycles. The minimum Gasteiger partial charge on any atom is -0.465 e. The molecule has 0 bridgehead atoms. The van der Waals surface area contributed by atoms with Crippen molar-refractivity contribution in [2.24, 2.45) is 0 Å². The summed E-state index contributed by atoms with van der Waals surface area (Å²) < 4.78 is 0. The van der Waals surface area contributed by atoms with Crippen LogP contribution in [0.15, 0.2) is 0 Å². The van der Waals surface area contributed by atoms with Crippen molar-refractivity contribution >= 4 is 6.09 Å². The fourth-order valence-corrected chi connectivity index (χ4v) is 1.57. The van der Waals surface area contributed by atoms with E-state index in [1.54, 1.807) is 0 Å². The fourth-order valence-electron chi connectivity index (χ4n) is 1.57. The van der Waals surface area contributed by atoms with E-state index in [2.05, 4.69) is 0 Å². The van der Waals surface area contributed by atoms with Crippen LogP contribution in [0, 0.1) is 11.3 Å². The molecule has 1 unspecified atom stereocenters. The van der Waals surface area contributed by atoms with Crippen LogP contribution in [-0.2, 0) is 0 Å². The Balaban J connectivity index is 2.55. The van der Waals surface area contributed by atoms with Gasteiger partial charge in [0.2, 0.25) is 0 Å². The van der Waals surface area contributed by atoms with Crippen LogP contribution < -0.4 is 0 Å². The van der Waals surface area contributed by atoms with E-state index in [1.165, 1.54) is 4.90 Å². The number of piperidine rings is 1. The molecule has 0 spiro atoms. The third-order valence-electron chi connectivity index (χ3n) is 2.20. The summed E-state index contributed by atoms with van der Waals surface area (Å²) in [6.07, 6.45) is 2.23. The number of amides is 1. The molecule has 1 N–H and O–H groups in total. The third kappa shape index (κ3) is 1.88. The van der Waals surface area contributed by atoms with Crippen molar-refractivity contribution in [1.82, 2.24) is 4.90 Å². The molecule has 0 saturated carbocycles. The molecule has 1 aliphatic heterocycles. The van der Waals surface area contributed by atoms with Gasteiger partial charge in [-0.3, -0.25) is 0 Å². The summed E-state index contributed by atoms with van der Waals surface area (Å²) in [6, 6.07) is 1.95. The van der Waals surface area contributed by atoms with Gasteiger partial charge in [-0.2, -0.15) is 5.26 Å². The van der Waals surface area contributed by atoms with Gasteiger partial charge in [0.05, 0.1) is 12.5 Å². The lowest BCUT2D eigenvalue weighted by Crippen LogP contribution is -2.42. The normalized spacial score (nSPS) is 23.2. The number of nitriles is 1. The Hall–Kier alpha value is -1.24. The van der Waals surface area contributed by atoms with Crippen LogP contribution in [0.1, 0.15) is 25.7 Å². The van der Waals surface area contributed by atoms with Crippen LogP contribution in [0.25, 0.3) is 0 Å². The topological polar surface area (TPSA) is 64.3 Å². The molecular formula is C8H12N2O2. The number of nitrogens with zero attached hydrogens (tertiary/aromatic N) is 2. The first kappa shape index (κ1) is 8.85. The molecule has 1 aliphatic rings. The number of hydrogen-bond donors (Lipinski definition) is 1. The molecule has 12 heavy (non-hydrogen) atoms. The van der Waals surface area contributed by atoms with Crippen molar-refractivity contribution in [2.75, 3.05) is 6.54 Å². The minimum absolute atomic E-state index is 0.0683. The maximum absolute atomic E-state index is 10.7. The number of carboxylic acid groups (broad SMARTS) is 1. The van der Waals surface area contributed by atoms with Gasteiger partial charge < -0.3 is 10.0 Å². The monoisotopic (exact) mass is 168 g/mol. The molecule has 0 aromatic heterocycles. The average Bonchev–Trinajstić information content (AvgIpc) is 2.05. The van der Waals surface area contributed by atoms with Gasteiger partial charge >= 0.3 is 6.09 Å². The standard InChI is InChI=1S/C8H12N2O2/c9-5-4-7-3-1-2-6-10(7)8(11)12/h7H,1-4,6H2,(H,11,12). The predicted molar refractivity (Wildman–Crippen MR) is 42.6 cm³/mol. The number of likely N-dealkylation sites (tertiary alicyclic amines) is 1. The SMILES string of the molecule is N#CCC1CCCCN1C(=O)O. The van der Waals surface area contributed by atoms with Crippen LogP contribution in [0.2, 0.25) is 0 Å². The van der Waals surface area contributed by atoms with Gasteiger partial charge in [-0.05, 0) is 19.3 Å². The van der Waals surface area contributed by atoms with Crippen molar-refractivity contribution in [3.63, 3.8) is 0 Å². The molecule has 1 amide bonds. The Kier molecular flexibility index (Phi) is 2.92. The largest absolute Gasteiger partial charge is 0.465 e. The lowest BCUT2D eigenvalue weighted by atomic mass is 10.0. The van der Waals surface area contributed by atoms with Gasteiger partial charge in [0.15, 0.2) is 0 Å². The summed E-state index contributed by atoms with van der Waals surface area (Å²) in [5, 5.41) is 17.2. The third-order valence-corrected chi connectivity index (χ3v) is 2.20. The molecule has 1 atom stereocenters. The first-order valence-electron chi connectivity index (χ1n) is 4.12. The maximum atomic E-state index is 10.7. The molecule has 66 valence electrons. The van der Waals surface area contributed by atoms with Crippen molar-refractivity contribution in [2.45, 2.75) is 31.7 Å². The van der Waals surface area contributed by atoms with E-state index < -0.39 is 6.09 Å². The fraction of sp³-hybridized carbons (Fsp3) is 0.750. The first-order chi connectivity index (χ1) is 5.75. The van der Waals surface area contributed by atoms with E-state index in [1.807, 2.05) is 6.07 Å². The molecule has 1 fully saturated rings. The highest BCUT2D eigenvalue weighted by molar-refractivity contribution is 5.65. The van der Waals surface area contributed by atoms with E-state index in [9.17, 15) is 4.79 Å². The molecule has 0 aromatic carbocycles. The highest BCUT2D eigenvalue weighted by atomic mass is 16.4. The van der Waals surface area contributed by atoms with Crippen molar-refractivity contribution in [1.29, 1.82) is 5.26 Å². The quantitative estimate of drug-likeness (QED) is 0.644. The van der Waals surface area contributed by atoms with Gasteiger partial charge in [-0.15, -0.1) is 0 Å². The summed E-state index contributed by atoms with van der Waals surface area (Å²) in [4.78, 5) is 12.0. The van der Waals surface area contributed by atoms with E-state index >= 15 is 0 Å². The van der Waals surface area contributed by atoms with Gasteiger partial charge in [-0.25, -0.2) is 4.79 Å². The van der Waals surface area contributed by atoms with Gasteiger partial charge in [-0.1, -0.05) is 0 Å². The minimum atomic E-state index is -0.894. The van der Waals surface area contributed by atoms with Crippen LogP contribution >= 0.6 is 0 Å². The second kappa shape index (κ2) is 3.96. The second-order valence-electron chi connectivity index (χ2n) is 2.99. The summed E-state index contributed by atoms with van der Waals surface area (Å²) >= 11 is 0. The Morgan fingerprint density at radius 3 is 3.00 bits per heavy atom. The highest BCUT2D eigenvalue weighted by Crippen LogP contribution is 2.18. The molecule has 1 saturated heterocycles. The molecular weight excluding hydrogens is 156 g/mol. The summed E-state index contributed by atoms with van der Waals surface area (Å²) in [6.45, 7) is 0.585. The Labute approximate surface area is 71.4 Å². The smallest absolute Gasteiger partial charge is 0.407 e. The van der Waals surface area contributed by atoms with E-state index in [0.717, 1.165) is 19.3 Å². The molecule has 4 heteroatoms. The Morgan fingerprint density at radius 2 is 2.42 bits per heavy atom. The molecule has 0 aromatic rings. The molecule has 1 rings (SSSR count). The molecule has 4 nitrogen and oxygen atoms in total. The summed E-state index contributed by atoms with van der Waals surface area (Å²) in [5.74, 6) is 0. The number of hydrogen-bond acceptors (Lipinski definition) is 2. The van der Waals surface area contributed by atoms with Gasteiger partial charge in [0, 0.05) is 12.6 Å². The Bertz CT molecular complexity index is 210. The summed E-state index contributed by atoms with van der Waals surface area (Å²) in [7, 11) is 0.